The van der Waals surface area contributed by atoms with E-state index in [1.54, 1.807) is 4.68 Å². The number of rotatable bonds is 3. The van der Waals surface area contributed by atoms with Gasteiger partial charge < -0.3 is 5.32 Å². The standard InChI is InChI=1S/C25H21N3O2/c1-15-7-11-20(12-8-15)28-25-23(16(2)27-28)21(14-22(29)26-25)24(30)19-10-9-17-5-3-4-6-18(17)13-19/h3-13,21H,14H2,1-2H3,(H,26,29)/t21-/m1/s1. The molecule has 0 saturated carbocycles. The van der Waals surface area contributed by atoms with Crippen LogP contribution in [0.4, 0.5) is 5.82 Å². The van der Waals surface area contributed by atoms with E-state index in [0.29, 0.717) is 11.4 Å². The number of Topliss-reactive ketones (excluding diaryl/α,β-unsaturated/α-hetero) is 1. The van der Waals surface area contributed by atoms with Gasteiger partial charge in [-0.15, -0.1) is 0 Å². The molecule has 5 rings (SSSR count). The summed E-state index contributed by atoms with van der Waals surface area (Å²) >= 11 is 0. The third kappa shape index (κ3) is 2.99. The number of nitrogens with one attached hydrogen (secondary N) is 1. The zero-order chi connectivity index (χ0) is 20.8. The van der Waals surface area contributed by atoms with Crippen LogP contribution in [0.1, 0.15) is 39.5 Å². The Morgan fingerprint density at radius 3 is 2.50 bits per heavy atom. The van der Waals surface area contributed by atoms with Crippen LogP contribution in [-0.2, 0) is 4.79 Å². The third-order valence-corrected chi connectivity index (χ3v) is 5.73. The molecule has 30 heavy (non-hydrogen) atoms. The molecule has 1 aliphatic rings. The summed E-state index contributed by atoms with van der Waals surface area (Å²) in [6.07, 6.45) is 0.124. The third-order valence-electron chi connectivity index (χ3n) is 5.73. The van der Waals surface area contributed by atoms with Crippen molar-refractivity contribution in [2.45, 2.75) is 26.2 Å². The topological polar surface area (TPSA) is 64.0 Å². The Morgan fingerprint density at radius 1 is 1.00 bits per heavy atom. The first-order chi connectivity index (χ1) is 14.5. The van der Waals surface area contributed by atoms with Gasteiger partial charge >= 0.3 is 0 Å². The predicted molar refractivity (Wildman–Crippen MR) is 117 cm³/mol. The summed E-state index contributed by atoms with van der Waals surface area (Å²) in [4.78, 5) is 26.0. The van der Waals surface area contributed by atoms with Gasteiger partial charge in [0.2, 0.25) is 5.91 Å². The van der Waals surface area contributed by atoms with E-state index in [1.165, 1.54) is 0 Å². The molecule has 1 aromatic heterocycles. The van der Waals surface area contributed by atoms with Gasteiger partial charge in [-0.3, -0.25) is 9.59 Å². The lowest BCUT2D eigenvalue weighted by Gasteiger charge is -2.23. The van der Waals surface area contributed by atoms with Crippen molar-refractivity contribution in [3.8, 4) is 5.69 Å². The number of anilines is 1. The highest BCUT2D eigenvalue weighted by molar-refractivity contribution is 6.09. The molecule has 0 radical (unpaired) electrons. The Bertz CT molecular complexity index is 1300. The minimum atomic E-state index is -0.547. The maximum Gasteiger partial charge on any atom is 0.226 e. The van der Waals surface area contributed by atoms with E-state index < -0.39 is 5.92 Å². The second-order valence-corrected chi connectivity index (χ2v) is 7.83. The Morgan fingerprint density at radius 2 is 1.73 bits per heavy atom. The molecule has 1 aliphatic heterocycles. The zero-order valence-corrected chi connectivity index (χ0v) is 16.8. The van der Waals surface area contributed by atoms with Crippen molar-refractivity contribution in [1.29, 1.82) is 0 Å². The summed E-state index contributed by atoms with van der Waals surface area (Å²) in [7, 11) is 0. The average molecular weight is 395 g/mol. The van der Waals surface area contributed by atoms with Crippen LogP contribution in [0.5, 0.6) is 0 Å². The normalized spacial score (nSPS) is 15.7. The fraction of sp³-hybridized carbons (Fsp3) is 0.160. The fourth-order valence-electron chi connectivity index (χ4n) is 4.19. The van der Waals surface area contributed by atoms with Crippen LogP contribution in [0, 0.1) is 13.8 Å². The zero-order valence-electron chi connectivity index (χ0n) is 16.8. The monoisotopic (exact) mass is 395 g/mol. The quantitative estimate of drug-likeness (QED) is 0.499. The molecule has 1 atom stereocenters. The molecule has 4 aromatic rings. The molecule has 1 amide bonds. The Labute approximate surface area is 174 Å². The van der Waals surface area contributed by atoms with Crippen LogP contribution in [0.25, 0.3) is 16.5 Å². The van der Waals surface area contributed by atoms with Gasteiger partial charge in [0.05, 0.1) is 17.3 Å². The molecular weight excluding hydrogens is 374 g/mol. The van der Waals surface area contributed by atoms with Crippen LogP contribution in [0.2, 0.25) is 0 Å². The molecule has 0 saturated heterocycles. The van der Waals surface area contributed by atoms with Crippen LogP contribution in [0.15, 0.2) is 66.7 Å². The Balaban J connectivity index is 1.60. The summed E-state index contributed by atoms with van der Waals surface area (Å²) in [6, 6.07) is 21.6. The first-order valence-electron chi connectivity index (χ1n) is 10.0. The lowest BCUT2D eigenvalue weighted by Crippen LogP contribution is -2.28. The van der Waals surface area contributed by atoms with Gasteiger partial charge in [-0.25, -0.2) is 4.68 Å². The van der Waals surface area contributed by atoms with E-state index in [0.717, 1.165) is 33.3 Å². The lowest BCUT2D eigenvalue weighted by molar-refractivity contribution is -0.116. The molecule has 0 bridgehead atoms. The van der Waals surface area contributed by atoms with E-state index in [1.807, 2.05) is 80.6 Å². The van der Waals surface area contributed by atoms with Gasteiger partial charge in [0.15, 0.2) is 5.78 Å². The summed E-state index contributed by atoms with van der Waals surface area (Å²) in [5, 5.41) is 9.68. The van der Waals surface area contributed by atoms with Crippen molar-refractivity contribution in [3.63, 3.8) is 0 Å². The van der Waals surface area contributed by atoms with E-state index in [9.17, 15) is 9.59 Å². The maximum absolute atomic E-state index is 13.5. The van der Waals surface area contributed by atoms with Crippen LogP contribution < -0.4 is 5.32 Å². The molecule has 5 heteroatoms. The average Bonchev–Trinajstić information content (AvgIpc) is 3.09. The first-order valence-corrected chi connectivity index (χ1v) is 10.0. The number of ketones is 1. The van der Waals surface area contributed by atoms with Gasteiger partial charge in [0.1, 0.15) is 5.82 Å². The maximum atomic E-state index is 13.5. The summed E-state index contributed by atoms with van der Waals surface area (Å²) < 4.78 is 1.72. The molecule has 1 N–H and O–H groups in total. The van der Waals surface area contributed by atoms with E-state index >= 15 is 0 Å². The minimum Gasteiger partial charge on any atom is -0.310 e. The molecular formula is C25H21N3O2. The molecule has 148 valence electrons. The van der Waals surface area contributed by atoms with E-state index in [4.69, 9.17) is 0 Å². The van der Waals surface area contributed by atoms with Gasteiger partial charge in [-0.1, -0.05) is 54.1 Å². The van der Waals surface area contributed by atoms with Crippen LogP contribution in [0.3, 0.4) is 0 Å². The Kier molecular flexibility index (Phi) is 4.24. The second kappa shape index (κ2) is 6.95. The van der Waals surface area contributed by atoms with Crippen molar-refractivity contribution >= 4 is 28.3 Å². The van der Waals surface area contributed by atoms with Gasteiger partial charge in [0.25, 0.3) is 0 Å². The summed E-state index contributed by atoms with van der Waals surface area (Å²) in [5.74, 6) is -0.181. The van der Waals surface area contributed by atoms with Crippen molar-refractivity contribution in [2.75, 3.05) is 5.32 Å². The molecule has 0 aliphatic carbocycles. The second-order valence-electron chi connectivity index (χ2n) is 7.83. The summed E-state index contributed by atoms with van der Waals surface area (Å²) in [5.41, 5.74) is 4.16. The molecule has 0 spiro atoms. The number of carbonyl (C=O) groups excluding carboxylic acids is 2. The number of hydrogen-bond donors (Lipinski definition) is 1. The van der Waals surface area contributed by atoms with Gasteiger partial charge in [-0.05, 0) is 42.8 Å². The van der Waals surface area contributed by atoms with Crippen molar-refractivity contribution in [3.05, 3.63) is 89.1 Å². The van der Waals surface area contributed by atoms with Crippen molar-refractivity contribution in [2.24, 2.45) is 0 Å². The number of hydrogen-bond acceptors (Lipinski definition) is 3. The van der Waals surface area contributed by atoms with Crippen LogP contribution >= 0.6 is 0 Å². The number of carbonyl (C=O) groups is 2. The number of amides is 1. The molecule has 3 aromatic carbocycles. The van der Waals surface area contributed by atoms with E-state index in [2.05, 4.69) is 10.4 Å². The van der Waals surface area contributed by atoms with Gasteiger partial charge in [0, 0.05) is 17.5 Å². The Hall–Kier alpha value is -3.73. The largest absolute Gasteiger partial charge is 0.310 e. The lowest BCUT2D eigenvalue weighted by atomic mass is 9.85. The predicted octanol–water partition coefficient (Wildman–Crippen LogP) is 4.95. The van der Waals surface area contributed by atoms with Crippen LogP contribution in [-0.4, -0.2) is 21.5 Å². The number of aromatic nitrogens is 2. The minimum absolute atomic E-state index is 0.0524. The fourth-order valence-corrected chi connectivity index (χ4v) is 4.19. The number of nitrogens with zero attached hydrogens (tertiary/aromatic N) is 2. The van der Waals surface area contributed by atoms with E-state index in [-0.39, 0.29) is 18.1 Å². The SMILES string of the molecule is Cc1ccc(-n2nc(C)c3c2NC(=O)C[C@H]3C(=O)c2ccc3ccccc3c2)cc1. The highest BCUT2D eigenvalue weighted by Crippen LogP contribution is 2.38. The van der Waals surface area contributed by atoms with Crippen molar-refractivity contribution in [1.82, 2.24) is 9.78 Å². The highest BCUT2D eigenvalue weighted by atomic mass is 16.2. The van der Waals surface area contributed by atoms with Crippen molar-refractivity contribution < 1.29 is 9.59 Å². The molecule has 2 heterocycles. The summed E-state index contributed by atoms with van der Waals surface area (Å²) in [6.45, 7) is 3.91. The molecule has 5 nitrogen and oxygen atoms in total. The number of benzene rings is 3. The highest BCUT2D eigenvalue weighted by Gasteiger charge is 2.36. The number of fused-ring (bicyclic) bond motifs is 2. The first kappa shape index (κ1) is 18.3. The van der Waals surface area contributed by atoms with Gasteiger partial charge in [-0.2, -0.15) is 5.10 Å². The smallest absolute Gasteiger partial charge is 0.226 e. The number of aryl methyl sites for hydroxylation is 2. The molecule has 0 unspecified atom stereocenters. The molecule has 0 fully saturated rings.